The molecule has 0 bridgehead atoms. The molecule has 1 heterocycles. The molecule has 114 valence electrons. The van der Waals surface area contributed by atoms with Gasteiger partial charge in [0.2, 0.25) is 0 Å². The minimum absolute atomic E-state index is 0.148. The second-order valence-corrected chi connectivity index (χ2v) is 7.83. The van der Waals surface area contributed by atoms with Gasteiger partial charge in [-0.15, -0.1) is 0 Å². The van der Waals surface area contributed by atoms with Crippen LogP contribution in [-0.4, -0.2) is 5.60 Å². The maximum absolute atomic E-state index is 6.23. The fourth-order valence-corrected chi connectivity index (χ4v) is 2.45. The SMILES string of the molecule is CC(C)=CCc1cc(C(C)(C)C)cc2c1OC(C)(C)C=C2. The average molecular weight is 284 g/mol. The number of allylic oxidation sites excluding steroid dienone is 2. The van der Waals surface area contributed by atoms with Gasteiger partial charge < -0.3 is 4.74 Å². The number of fused-ring (bicyclic) bond motifs is 1. The molecule has 1 aliphatic heterocycles. The molecule has 0 radical (unpaired) electrons. The van der Waals surface area contributed by atoms with Crippen molar-refractivity contribution in [1.29, 1.82) is 0 Å². The molecule has 0 aliphatic carbocycles. The molecule has 0 fully saturated rings. The minimum atomic E-state index is -0.226. The lowest BCUT2D eigenvalue weighted by Gasteiger charge is -2.31. The van der Waals surface area contributed by atoms with Crippen molar-refractivity contribution in [2.24, 2.45) is 0 Å². The fourth-order valence-electron chi connectivity index (χ4n) is 2.45. The van der Waals surface area contributed by atoms with Gasteiger partial charge in [-0.3, -0.25) is 0 Å². The second kappa shape index (κ2) is 5.36. The van der Waals surface area contributed by atoms with Crippen LogP contribution in [0.5, 0.6) is 5.75 Å². The van der Waals surface area contributed by atoms with Gasteiger partial charge in [0.25, 0.3) is 0 Å². The summed E-state index contributed by atoms with van der Waals surface area (Å²) in [7, 11) is 0. The van der Waals surface area contributed by atoms with Crippen LogP contribution in [0.2, 0.25) is 0 Å². The quantitative estimate of drug-likeness (QED) is 0.635. The van der Waals surface area contributed by atoms with Crippen LogP contribution in [0.15, 0.2) is 29.9 Å². The Morgan fingerprint density at radius 1 is 1.19 bits per heavy atom. The normalized spacial score (nSPS) is 16.1. The molecule has 1 aromatic carbocycles. The van der Waals surface area contributed by atoms with E-state index in [9.17, 15) is 0 Å². The summed E-state index contributed by atoms with van der Waals surface area (Å²) in [5.74, 6) is 1.05. The second-order valence-electron chi connectivity index (χ2n) is 7.83. The molecule has 0 unspecified atom stereocenters. The van der Waals surface area contributed by atoms with Gasteiger partial charge in [-0.05, 0) is 62.8 Å². The molecule has 0 N–H and O–H groups in total. The minimum Gasteiger partial charge on any atom is -0.483 e. The Bertz CT molecular complexity index is 591. The summed E-state index contributed by atoms with van der Waals surface area (Å²) < 4.78 is 6.23. The van der Waals surface area contributed by atoms with Crippen LogP contribution in [-0.2, 0) is 11.8 Å². The third-order valence-corrected chi connectivity index (χ3v) is 3.82. The highest BCUT2D eigenvalue weighted by atomic mass is 16.5. The van der Waals surface area contributed by atoms with Crippen molar-refractivity contribution in [2.75, 3.05) is 0 Å². The topological polar surface area (TPSA) is 9.23 Å². The molecule has 1 nitrogen and oxygen atoms in total. The predicted octanol–water partition coefficient (Wildman–Crippen LogP) is 5.68. The van der Waals surface area contributed by atoms with E-state index in [4.69, 9.17) is 4.74 Å². The molecule has 2 rings (SSSR count). The smallest absolute Gasteiger partial charge is 0.131 e. The van der Waals surface area contributed by atoms with E-state index in [0.717, 1.165) is 12.2 Å². The van der Waals surface area contributed by atoms with E-state index in [0.29, 0.717) is 0 Å². The summed E-state index contributed by atoms with van der Waals surface area (Å²) in [6.07, 6.45) is 7.56. The Kier molecular flexibility index (Phi) is 4.06. The lowest BCUT2D eigenvalue weighted by Crippen LogP contribution is -2.28. The first-order chi connectivity index (χ1) is 9.58. The van der Waals surface area contributed by atoms with Crippen LogP contribution in [0, 0.1) is 0 Å². The first kappa shape index (κ1) is 15.9. The van der Waals surface area contributed by atoms with Crippen molar-refractivity contribution in [2.45, 2.75) is 65.9 Å². The van der Waals surface area contributed by atoms with Gasteiger partial charge in [0.15, 0.2) is 0 Å². The first-order valence-corrected chi connectivity index (χ1v) is 7.77. The molecular weight excluding hydrogens is 256 g/mol. The summed E-state index contributed by atoms with van der Waals surface area (Å²) in [5.41, 5.74) is 5.13. The molecule has 0 saturated heterocycles. The van der Waals surface area contributed by atoms with E-state index in [-0.39, 0.29) is 11.0 Å². The van der Waals surface area contributed by atoms with Crippen LogP contribution < -0.4 is 4.74 Å². The zero-order valence-corrected chi connectivity index (χ0v) is 14.5. The van der Waals surface area contributed by atoms with Gasteiger partial charge in [0, 0.05) is 5.56 Å². The summed E-state index contributed by atoms with van der Waals surface area (Å²) in [6.45, 7) is 15.3. The molecule has 0 amide bonds. The van der Waals surface area contributed by atoms with E-state index in [1.54, 1.807) is 0 Å². The third kappa shape index (κ3) is 3.78. The standard InChI is InChI=1S/C20H28O/c1-14(2)8-9-15-12-17(19(3,4)5)13-16-10-11-20(6,7)21-18(15)16/h8,10-13H,9H2,1-7H3. The molecular formula is C20H28O. The third-order valence-electron chi connectivity index (χ3n) is 3.82. The van der Waals surface area contributed by atoms with E-state index >= 15 is 0 Å². The number of hydrogen-bond donors (Lipinski definition) is 0. The van der Waals surface area contributed by atoms with Crippen LogP contribution in [0.3, 0.4) is 0 Å². The van der Waals surface area contributed by atoms with Gasteiger partial charge in [-0.2, -0.15) is 0 Å². The van der Waals surface area contributed by atoms with Crippen molar-refractivity contribution in [3.8, 4) is 5.75 Å². The number of ether oxygens (including phenoxy) is 1. The van der Waals surface area contributed by atoms with Crippen LogP contribution in [0.1, 0.15) is 65.2 Å². The first-order valence-electron chi connectivity index (χ1n) is 7.77. The van der Waals surface area contributed by atoms with Gasteiger partial charge in [-0.25, -0.2) is 0 Å². The maximum atomic E-state index is 6.23. The lowest BCUT2D eigenvalue weighted by atomic mass is 9.83. The highest BCUT2D eigenvalue weighted by molar-refractivity contribution is 5.65. The van der Waals surface area contributed by atoms with E-state index in [1.165, 1.54) is 22.3 Å². The molecule has 1 aromatic rings. The molecule has 0 saturated carbocycles. The molecule has 0 atom stereocenters. The van der Waals surface area contributed by atoms with Gasteiger partial charge in [-0.1, -0.05) is 44.6 Å². The molecule has 1 heteroatoms. The van der Waals surface area contributed by atoms with Crippen LogP contribution in [0.4, 0.5) is 0 Å². The summed E-state index contributed by atoms with van der Waals surface area (Å²) in [4.78, 5) is 0. The number of hydrogen-bond acceptors (Lipinski definition) is 1. The Hall–Kier alpha value is -1.50. The summed E-state index contributed by atoms with van der Waals surface area (Å²) >= 11 is 0. The van der Waals surface area contributed by atoms with Crippen LogP contribution in [0.25, 0.3) is 6.08 Å². The largest absolute Gasteiger partial charge is 0.483 e. The van der Waals surface area contributed by atoms with Crippen molar-refractivity contribution in [3.63, 3.8) is 0 Å². The van der Waals surface area contributed by atoms with E-state index < -0.39 is 0 Å². The zero-order chi connectivity index (χ0) is 15.8. The van der Waals surface area contributed by atoms with Gasteiger partial charge in [0.05, 0.1) is 0 Å². The Labute approximate surface area is 129 Å². The monoisotopic (exact) mass is 284 g/mol. The number of rotatable bonds is 2. The van der Waals surface area contributed by atoms with Gasteiger partial charge in [0.1, 0.15) is 11.4 Å². The van der Waals surface area contributed by atoms with Gasteiger partial charge >= 0.3 is 0 Å². The van der Waals surface area contributed by atoms with E-state index in [2.05, 4.69) is 78.8 Å². The highest BCUT2D eigenvalue weighted by Crippen LogP contribution is 2.38. The lowest BCUT2D eigenvalue weighted by molar-refractivity contribution is 0.157. The zero-order valence-electron chi connectivity index (χ0n) is 14.5. The fraction of sp³-hybridized carbons (Fsp3) is 0.500. The molecule has 0 spiro atoms. The maximum Gasteiger partial charge on any atom is 0.131 e. The molecule has 1 aliphatic rings. The van der Waals surface area contributed by atoms with Crippen molar-refractivity contribution >= 4 is 6.08 Å². The Morgan fingerprint density at radius 2 is 1.86 bits per heavy atom. The van der Waals surface area contributed by atoms with Crippen molar-refractivity contribution in [1.82, 2.24) is 0 Å². The van der Waals surface area contributed by atoms with Crippen molar-refractivity contribution in [3.05, 3.63) is 46.5 Å². The van der Waals surface area contributed by atoms with Crippen LogP contribution >= 0.6 is 0 Å². The number of benzene rings is 1. The molecule has 0 aromatic heterocycles. The predicted molar refractivity (Wildman–Crippen MR) is 92.0 cm³/mol. The summed E-state index contributed by atoms with van der Waals surface area (Å²) in [5, 5.41) is 0. The molecule has 21 heavy (non-hydrogen) atoms. The van der Waals surface area contributed by atoms with E-state index in [1.807, 2.05) is 0 Å². The van der Waals surface area contributed by atoms with Crippen molar-refractivity contribution < 1.29 is 4.74 Å². The Balaban J connectivity index is 2.56. The average Bonchev–Trinajstić information content (AvgIpc) is 2.33. The highest BCUT2D eigenvalue weighted by Gasteiger charge is 2.26. The Morgan fingerprint density at radius 3 is 2.43 bits per heavy atom. The summed E-state index contributed by atoms with van der Waals surface area (Å²) in [6, 6.07) is 4.58.